The molecule has 2 aromatic rings. The van der Waals surface area contributed by atoms with Crippen LogP contribution in [0.15, 0.2) is 53.0 Å². The van der Waals surface area contributed by atoms with Gasteiger partial charge in [0, 0.05) is 22.6 Å². The average molecular weight is 567 g/mol. The molecule has 0 aliphatic rings. The van der Waals surface area contributed by atoms with E-state index < -0.39 is 28.5 Å². The van der Waals surface area contributed by atoms with Crippen molar-refractivity contribution >= 4 is 49.2 Å². The minimum absolute atomic E-state index is 0.0728. The highest BCUT2D eigenvalue weighted by Crippen LogP contribution is 2.21. The number of ketones is 1. The fourth-order valence-electron chi connectivity index (χ4n) is 3.33. The molecule has 0 saturated carbocycles. The molecule has 0 radical (unpaired) electrons. The van der Waals surface area contributed by atoms with Crippen molar-refractivity contribution in [3.8, 4) is 0 Å². The van der Waals surface area contributed by atoms with Crippen LogP contribution in [-0.4, -0.2) is 55.8 Å². The van der Waals surface area contributed by atoms with E-state index in [1.54, 1.807) is 19.1 Å². The maximum atomic E-state index is 13.5. The molecular formula is C25H32BrN3O5S. The molecule has 0 aliphatic carbocycles. The number of sulfonamides is 1. The van der Waals surface area contributed by atoms with Crippen molar-refractivity contribution < 1.29 is 22.8 Å². The van der Waals surface area contributed by atoms with Gasteiger partial charge >= 0.3 is 0 Å². The summed E-state index contributed by atoms with van der Waals surface area (Å²) in [6, 6.07) is 12.5. The van der Waals surface area contributed by atoms with Gasteiger partial charge in [0.1, 0.15) is 12.6 Å². The Bertz CT molecular complexity index is 1170. The molecule has 0 unspecified atom stereocenters. The van der Waals surface area contributed by atoms with Crippen molar-refractivity contribution in [2.75, 3.05) is 17.1 Å². The second kappa shape index (κ2) is 12.3. The van der Waals surface area contributed by atoms with Gasteiger partial charge in [-0.1, -0.05) is 47.1 Å². The first-order valence-corrected chi connectivity index (χ1v) is 13.9. The van der Waals surface area contributed by atoms with Gasteiger partial charge in [-0.3, -0.25) is 18.7 Å². The summed E-state index contributed by atoms with van der Waals surface area (Å²) in [6.45, 7) is 6.42. The number of hydrogen-bond donors (Lipinski definition) is 1. The summed E-state index contributed by atoms with van der Waals surface area (Å²) in [4.78, 5) is 39.6. The number of hydrogen-bond acceptors (Lipinski definition) is 5. The molecule has 2 rings (SSSR count). The fourth-order valence-corrected chi connectivity index (χ4v) is 4.43. The lowest BCUT2D eigenvalue weighted by atomic mass is 10.1. The molecule has 0 spiro atoms. The first-order chi connectivity index (χ1) is 16.3. The minimum Gasteiger partial charge on any atom is -0.352 e. The lowest BCUT2D eigenvalue weighted by molar-refractivity contribution is -0.139. The molecule has 2 amide bonds. The number of carbonyl (C=O) groups is 3. The van der Waals surface area contributed by atoms with Crippen LogP contribution in [0.1, 0.15) is 50.0 Å². The molecule has 2 atom stereocenters. The largest absolute Gasteiger partial charge is 0.352 e. The Labute approximate surface area is 215 Å². The van der Waals surface area contributed by atoms with Gasteiger partial charge in [-0.25, -0.2) is 8.42 Å². The molecule has 190 valence electrons. The number of halogens is 1. The van der Waals surface area contributed by atoms with Gasteiger partial charge in [0.2, 0.25) is 21.8 Å². The zero-order valence-electron chi connectivity index (χ0n) is 20.6. The molecule has 0 saturated heterocycles. The first kappa shape index (κ1) is 28.5. The molecule has 0 bridgehead atoms. The van der Waals surface area contributed by atoms with Crippen molar-refractivity contribution in [1.82, 2.24) is 10.2 Å². The third-order valence-corrected chi connectivity index (χ3v) is 7.32. The number of nitrogens with zero attached hydrogens (tertiary/aromatic N) is 2. The number of Topliss-reactive ketones (excluding diaryl/α,β-unsaturated/α-hetero) is 1. The Morgan fingerprint density at radius 3 is 2.23 bits per heavy atom. The van der Waals surface area contributed by atoms with Crippen LogP contribution in [0.5, 0.6) is 0 Å². The molecule has 1 N–H and O–H groups in total. The Kier molecular flexibility index (Phi) is 10.0. The SMILES string of the molecule is CC[C@H](C)NC(=O)[C@@H](C)N(Cc1ccc(Br)cc1)C(=O)CN(c1cccc(C(C)=O)c1)S(C)(=O)=O. The number of benzene rings is 2. The van der Waals surface area contributed by atoms with Gasteiger partial charge < -0.3 is 10.2 Å². The molecule has 0 fully saturated rings. The van der Waals surface area contributed by atoms with Crippen LogP contribution in [0.4, 0.5) is 5.69 Å². The Morgan fingerprint density at radius 1 is 1.06 bits per heavy atom. The number of anilines is 1. The highest BCUT2D eigenvalue weighted by molar-refractivity contribution is 9.10. The molecule has 8 nitrogen and oxygen atoms in total. The van der Waals surface area contributed by atoms with Crippen LogP contribution in [0.3, 0.4) is 0 Å². The quantitative estimate of drug-likeness (QED) is 0.418. The summed E-state index contributed by atoms with van der Waals surface area (Å²) in [5.74, 6) is -1.09. The fraction of sp³-hybridized carbons (Fsp3) is 0.400. The average Bonchev–Trinajstić information content (AvgIpc) is 2.80. The maximum absolute atomic E-state index is 13.5. The summed E-state index contributed by atoms with van der Waals surface area (Å²) < 4.78 is 27.1. The van der Waals surface area contributed by atoms with Gasteiger partial charge in [-0.2, -0.15) is 0 Å². The van der Waals surface area contributed by atoms with Crippen LogP contribution in [0.2, 0.25) is 0 Å². The maximum Gasteiger partial charge on any atom is 0.244 e. The van der Waals surface area contributed by atoms with Crippen LogP contribution >= 0.6 is 15.9 Å². The van der Waals surface area contributed by atoms with Crippen molar-refractivity contribution in [2.24, 2.45) is 0 Å². The minimum atomic E-state index is -3.87. The topological polar surface area (TPSA) is 104 Å². The predicted octanol–water partition coefficient (Wildman–Crippen LogP) is 3.75. The molecule has 10 heteroatoms. The van der Waals surface area contributed by atoms with E-state index >= 15 is 0 Å². The van der Waals surface area contributed by atoms with Gasteiger partial charge in [-0.05, 0) is 57.0 Å². The van der Waals surface area contributed by atoms with Gasteiger partial charge in [0.25, 0.3) is 0 Å². The molecular weight excluding hydrogens is 534 g/mol. The van der Waals surface area contributed by atoms with E-state index in [2.05, 4.69) is 21.2 Å². The second-order valence-electron chi connectivity index (χ2n) is 8.52. The second-order valence-corrected chi connectivity index (χ2v) is 11.3. The smallest absolute Gasteiger partial charge is 0.244 e. The number of amides is 2. The summed E-state index contributed by atoms with van der Waals surface area (Å²) >= 11 is 3.38. The number of carbonyl (C=O) groups excluding carboxylic acids is 3. The molecule has 0 heterocycles. The Morgan fingerprint density at radius 2 is 1.69 bits per heavy atom. The van der Waals surface area contributed by atoms with Crippen LogP contribution in [0.25, 0.3) is 0 Å². The zero-order chi connectivity index (χ0) is 26.3. The normalized spacial score (nSPS) is 13.0. The Hall–Kier alpha value is -2.72. The van der Waals surface area contributed by atoms with E-state index in [9.17, 15) is 22.8 Å². The van der Waals surface area contributed by atoms with Crippen molar-refractivity contribution in [2.45, 2.75) is 52.7 Å². The predicted molar refractivity (Wildman–Crippen MR) is 141 cm³/mol. The molecule has 0 aliphatic heterocycles. The van der Waals surface area contributed by atoms with Crippen LogP contribution in [-0.2, 0) is 26.2 Å². The van der Waals surface area contributed by atoms with E-state index in [1.807, 2.05) is 38.1 Å². The lowest BCUT2D eigenvalue weighted by Crippen LogP contribution is -2.52. The Balaban J connectivity index is 2.41. The lowest BCUT2D eigenvalue weighted by Gasteiger charge is -2.32. The number of rotatable bonds is 11. The highest BCUT2D eigenvalue weighted by Gasteiger charge is 2.30. The molecule has 2 aromatic carbocycles. The summed E-state index contributed by atoms with van der Waals surface area (Å²) in [5.41, 5.74) is 1.32. The summed E-state index contributed by atoms with van der Waals surface area (Å²) in [5, 5.41) is 2.89. The van der Waals surface area contributed by atoms with Gasteiger partial charge in [0.15, 0.2) is 5.78 Å². The van der Waals surface area contributed by atoms with E-state index in [4.69, 9.17) is 0 Å². The van der Waals surface area contributed by atoms with Crippen LogP contribution in [0, 0.1) is 0 Å². The van der Waals surface area contributed by atoms with Crippen molar-refractivity contribution in [1.29, 1.82) is 0 Å². The van der Waals surface area contributed by atoms with Crippen molar-refractivity contribution in [3.05, 3.63) is 64.1 Å². The van der Waals surface area contributed by atoms with E-state index in [1.165, 1.54) is 24.0 Å². The number of nitrogens with one attached hydrogen (secondary N) is 1. The van der Waals surface area contributed by atoms with E-state index in [0.717, 1.165) is 27.0 Å². The zero-order valence-corrected chi connectivity index (χ0v) is 23.0. The van der Waals surface area contributed by atoms with Gasteiger partial charge in [0.05, 0.1) is 11.9 Å². The van der Waals surface area contributed by atoms with Crippen LogP contribution < -0.4 is 9.62 Å². The van der Waals surface area contributed by atoms with Crippen molar-refractivity contribution in [3.63, 3.8) is 0 Å². The molecule has 35 heavy (non-hydrogen) atoms. The first-order valence-electron chi connectivity index (χ1n) is 11.3. The molecule has 0 aromatic heterocycles. The third kappa shape index (κ3) is 8.17. The standard InChI is InChI=1S/C25H32BrN3O5S/c1-6-17(2)27-25(32)18(3)28(15-20-10-12-22(26)13-11-20)24(31)16-29(35(5,33)34)23-9-7-8-21(14-23)19(4)30/h7-14,17-18H,6,15-16H2,1-5H3,(H,27,32)/t17-,18+/m0/s1. The van der Waals surface area contributed by atoms with E-state index in [-0.39, 0.29) is 30.0 Å². The van der Waals surface area contributed by atoms with E-state index in [0.29, 0.717) is 5.56 Å². The summed E-state index contributed by atoms with van der Waals surface area (Å²) in [7, 11) is -3.87. The van der Waals surface area contributed by atoms with Gasteiger partial charge in [-0.15, -0.1) is 0 Å². The highest BCUT2D eigenvalue weighted by atomic mass is 79.9. The monoisotopic (exact) mass is 565 g/mol. The summed E-state index contributed by atoms with van der Waals surface area (Å²) in [6.07, 6.45) is 1.73. The third-order valence-electron chi connectivity index (χ3n) is 5.65.